The Morgan fingerprint density at radius 3 is 2.52 bits per heavy atom. The first-order chi connectivity index (χ1) is 14.3. The molecule has 1 fully saturated rings. The summed E-state index contributed by atoms with van der Waals surface area (Å²) in [5.41, 5.74) is 2.22. The molecule has 150 valence electrons. The highest BCUT2D eigenvalue weighted by atomic mass is 16.2. The Morgan fingerprint density at radius 1 is 1.10 bits per heavy atom. The SMILES string of the molecule is CNC(C(=O)N1CCC(c2nccn2Cc2ccncc2)CC1)c1ccccc1. The van der Waals surface area contributed by atoms with Gasteiger partial charge in [0.05, 0.1) is 0 Å². The minimum absolute atomic E-state index is 0.150. The van der Waals surface area contributed by atoms with Gasteiger partial charge >= 0.3 is 0 Å². The molecule has 1 atom stereocenters. The van der Waals surface area contributed by atoms with Gasteiger partial charge in [-0.25, -0.2) is 4.98 Å². The average Bonchev–Trinajstić information content (AvgIpc) is 3.24. The number of likely N-dealkylation sites (N-methyl/N-ethyl adjacent to an activating group) is 1. The molecule has 1 saturated heterocycles. The Kier molecular flexibility index (Phi) is 6.00. The summed E-state index contributed by atoms with van der Waals surface area (Å²) in [5, 5.41) is 3.18. The molecule has 1 unspecified atom stereocenters. The number of carbonyl (C=O) groups is 1. The van der Waals surface area contributed by atoms with Crippen LogP contribution in [0.2, 0.25) is 0 Å². The summed E-state index contributed by atoms with van der Waals surface area (Å²) in [6.07, 6.45) is 9.43. The highest BCUT2D eigenvalue weighted by Crippen LogP contribution is 2.29. The van der Waals surface area contributed by atoms with Crippen LogP contribution in [0.15, 0.2) is 67.3 Å². The number of aromatic nitrogens is 3. The summed E-state index contributed by atoms with van der Waals surface area (Å²) in [6, 6.07) is 13.7. The van der Waals surface area contributed by atoms with Gasteiger partial charge < -0.3 is 14.8 Å². The van der Waals surface area contributed by atoms with Crippen molar-refractivity contribution in [1.82, 2.24) is 24.8 Å². The third-order valence-electron chi connectivity index (χ3n) is 5.69. The van der Waals surface area contributed by atoms with Crippen LogP contribution < -0.4 is 5.32 Å². The number of likely N-dealkylation sites (tertiary alicyclic amines) is 1. The van der Waals surface area contributed by atoms with E-state index in [2.05, 4.69) is 19.9 Å². The van der Waals surface area contributed by atoms with Gasteiger partial charge in [0.1, 0.15) is 11.9 Å². The Labute approximate surface area is 171 Å². The minimum Gasteiger partial charge on any atom is -0.341 e. The van der Waals surface area contributed by atoms with E-state index in [1.807, 2.05) is 79.2 Å². The van der Waals surface area contributed by atoms with Crippen molar-refractivity contribution in [2.24, 2.45) is 0 Å². The van der Waals surface area contributed by atoms with Gasteiger partial charge in [-0.3, -0.25) is 9.78 Å². The smallest absolute Gasteiger partial charge is 0.244 e. The van der Waals surface area contributed by atoms with Crippen molar-refractivity contribution >= 4 is 5.91 Å². The van der Waals surface area contributed by atoms with E-state index in [-0.39, 0.29) is 11.9 Å². The van der Waals surface area contributed by atoms with Crippen LogP contribution in [0, 0.1) is 0 Å². The van der Waals surface area contributed by atoms with Crippen LogP contribution in [-0.2, 0) is 11.3 Å². The molecule has 0 saturated carbocycles. The van der Waals surface area contributed by atoms with Gasteiger partial charge in [0.15, 0.2) is 0 Å². The molecule has 1 aromatic carbocycles. The van der Waals surface area contributed by atoms with Gasteiger partial charge in [-0.05, 0) is 43.1 Å². The quantitative estimate of drug-likeness (QED) is 0.704. The van der Waals surface area contributed by atoms with Gasteiger partial charge in [-0.15, -0.1) is 0 Å². The topological polar surface area (TPSA) is 63.1 Å². The number of amides is 1. The zero-order valence-corrected chi connectivity index (χ0v) is 16.7. The van der Waals surface area contributed by atoms with E-state index >= 15 is 0 Å². The molecule has 1 aliphatic rings. The first-order valence-electron chi connectivity index (χ1n) is 10.2. The lowest BCUT2D eigenvalue weighted by Crippen LogP contribution is -2.44. The van der Waals surface area contributed by atoms with Gasteiger partial charge in [0.25, 0.3) is 0 Å². The largest absolute Gasteiger partial charge is 0.341 e. The average molecular weight is 390 g/mol. The van der Waals surface area contributed by atoms with Gasteiger partial charge in [0, 0.05) is 50.3 Å². The molecule has 0 spiro atoms. The van der Waals surface area contributed by atoms with Crippen molar-refractivity contribution in [2.45, 2.75) is 31.3 Å². The van der Waals surface area contributed by atoms with Crippen molar-refractivity contribution in [2.75, 3.05) is 20.1 Å². The predicted molar refractivity (Wildman–Crippen MR) is 112 cm³/mol. The van der Waals surface area contributed by atoms with Crippen LogP contribution in [0.5, 0.6) is 0 Å². The molecule has 3 aromatic rings. The van der Waals surface area contributed by atoms with Crippen molar-refractivity contribution in [3.8, 4) is 0 Å². The predicted octanol–water partition coefficient (Wildman–Crippen LogP) is 2.99. The van der Waals surface area contributed by atoms with E-state index < -0.39 is 0 Å². The number of rotatable bonds is 6. The van der Waals surface area contributed by atoms with E-state index in [4.69, 9.17) is 0 Å². The van der Waals surface area contributed by atoms with Gasteiger partial charge in [0.2, 0.25) is 5.91 Å². The zero-order valence-electron chi connectivity index (χ0n) is 16.7. The normalized spacial score (nSPS) is 16.0. The summed E-state index contributed by atoms with van der Waals surface area (Å²) in [6.45, 7) is 2.32. The van der Waals surface area contributed by atoms with Crippen molar-refractivity contribution in [3.63, 3.8) is 0 Å². The number of nitrogens with one attached hydrogen (secondary N) is 1. The number of pyridine rings is 1. The number of imidazole rings is 1. The highest BCUT2D eigenvalue weighted by Gasteiger charge is 2.30. The highest BCUT2D eigenvalue weighted by molar-refractivity contribution is 5.83. The fourth-order valence-electron chi connectivity index (χ4n) is 4.12. The number of benzene rings is 1. The van der Waals surface area contributed by atoms with Gasteiger partial charge in [-0.2, -0.15) is 0 Å². The Bertz CT molecular complexity index is 917. The van der Waals surface area contributed by atoms with E-state index in [9.17, 15) is 4.79 Å². The van der Waals surface area contributed by atoms with Crippen LogP contribution >= 0.6 is 0 Å². The molecule has 0 bridgehead atoms. The minimum atomic E-state index is -0.290. The first-order valence-corrected chi connectivity index (χ1v) is 10.2. The van der Waals surface area contributed by atoms with Crippen molar-refractivity contribution in [1.29, 1.82) is 0 Å². The van der Waals surface area contributed by atoms with E-state index in [1.54, 1.807) is 0 Å². The molecule has 4 rings (SSSR count). The molecule has 3 heterocycles. The van der Waals surface area contributed by atoms with Gasteiger partial charge in [-0.1, -0.05) is 30.3 Å². The maximum absolute atomic E-state index is 13.1. The molecule has 29 heavy (non-hydrogen) atoms. The molecule has 0 aliphatic carbocycles. The van der Waals surface area contributed by atoms with E-state index in [0.717, 1.165) is 43.9 Å². The Morgan fingerprint density at radius 2 is 1.83 bits per heavy atom. The third kappa shape index (κ3) is 4.38. The molecular formula is C23H27N5O. The molecule has 1 aliphatic heterocycles. The second-order valence-electron chi connectivity index (χ2n) is 7.50. The monoisotopic (exact) mass is 389 g/mol. The standard InChI is InChI=1S/C23H27N5O/c1-24-21(19-5-3-2-4-6-19)23(29)27-14-9-20(10-15-27)22-26-13-16-28(22)17-18-7-11-25-12-8-18/h2-8,11-13,16,20-21,24H,9-10,14-15,17H2,1H3. The molecule has 2 aromatic heterocycles. The van der Waals surface area contributed by atoms with Crippen LogP contribution in [0.3, 0.4) is 0 Å². The zero-order chi connectivity index (χ0) is 20.1. The van der Waals surface area contributed by atoms with Crippen LogP contribution in [-0.4, -0.2) is 45.5 Å². The van der Waals surface area contributed by atoms with Crippen molar-refractivity contribution in [3.05, 3.63) is 84.2 Å². The molecule has 6 heteroatoms. The van der Waals surface area contributed by atoms with Crippen molar-refractivity contribution < 1.29 is 4.79 Å². The molecule has 1 N–H and O–H groups in total. The molecular weight excluding hydrogens is 362 g/mol. The third-order valence-corrected chi connectivity index (χ3v) is 5.69. The fraction of sp³-hybridized carbons (Fsp3) is 0.348. The van der Waals surface area contributed by atoms with Crippen LogP contribution in [0.25, 0.3) is 0 Å². The van der Waals surface area contributed by atoms with E-state index in [0.29, 0.717) is 5.92 Å². The van der Waals surface area contributed by atoms with E-state index in [1.165, 1.54) is 5.56 Å². The lowest BCUT2D eigenvalue weighted by atomic mass is 9.94. The number of nitrogens with zero attached hydrogens (tertiary/aromatic N) is 4. The number of carbonyl (C=O) groups excluding carboxylic acids is 1. The summed E-state index contributed by atoms with van der Waals surface area (Å²) in [7, 11) is 1.85. The molecule has 1 amide bonds. The lowest BCUT2D eigenvalue weighted by Gasteiger charge is -2.34. The Balaban J connectivity index is 1.40. The Hall–Kier alpha value is -2.99. The fourth-order valence-corrected chi connectivity index (χ4v) is 4.12. The maximum atomic E-state index is 13.1. The number of hydrogen-bond donors (Lipinski definition) is 1. The maximum Gasteiger partial charge on any atom is 0.244 e. The van der Waals surface area contributed by atoms with Crippen LogP contribution in [0.1, 0.15) is 41.8 Å². The second-order valence-corrected chi connectivity index (χ2v) is 7.50. The summed E-state index contributed by atoms with van der Waals surface area (Å²) in [4.78, 5) is 23.8. The first kappa shape index (κ1) is 19.3. The second kappa shape index (κ2) is 9.01. The lowest BCUT2D eigenvalue weighted by molar-refractivity contribution is -0.134. The summed E-state index contributed by atoms with van der Waals surface area (Å²) in [5.74, 6) is 1.64. The molecule has 6 nitrogen and oxygen atoms in total. The number of hydrogen-bond acceptors (Lipinski definition) is 4. The molecule has 0 radical (unpaired) electrons. The summed E-state index contributed by atoms with van der Waals surface area (Å²) < 4.78 is 2.22. The summed E-state index contributed by atoms with van der Waals surface area (Å²) >= 11 is 0. The number of piperidine rings is 1. The van der Waals surface area contributed by atoms with Crippen LogP contribution in [0.4, 0.5) is 0 Å².